The van der Waals surface area contributed by atoms with Crippen molar-refractivity contribution < 1.29 is 9.18 Å². The van der Waals surface area contributed by atoms with Gasteiger partial charge in [-0.05, 0) is 31.0 Å². The Morgan fingerprint density at radius 1 is 1.56 bits per heavy atom. The molecule has 0 aliphatic rings. The van der Waals surface area contributed by atoms with E-state index in [1.807, 2.05) is 0 Å². The standard InChI is InChI=1S/C11H15FN2O.ClH/c1-7-3-4-9(5-10(7)12)8(2)14-11(15)6-13;/h3-5,8H,6,13H2,1-2H3,(H,14,15);1H. The first-order valence-electron chi connectivity index (χ1n) is 4.80. The summed E-state index contributed by atoms with van der Waals surface area (Å²) in [7, 11) is 0. The molecule has 1 aromatic carbocycles. The largest absolute Gasteiger partial charge is 0.348 e. The number of hydrogen-bond donors (Lipinski definition) is 2. The van der Waals surface area contributed by atoms with E-state index in [-0.39, 0.29) is 36.7 Å². The van der Waals surface area contributed by atoms with Gasteiger partial charge in [-0.3, -0.25) is 4.79 Å². The van der Waals surface area contributed by atoms with Gasteiger partial charge in [-0.1, -0.05) is 12.1 Å². The Morgan fingerprint density at radius 3 is 2.69 bits per heavy atom. The van der Waals surface area contributed by atoms with Gasteiger partial charge in [-0.15, -0.1) is 12.4 Å². The average Bonchev–Trinajstić information content (AvgIpc) is 2.21. The molecule has 1 amide bonds. The number of nitrogens with one attached hydrogen (secondary N) is 1. The number of carbonyl (C=O) groups is 1. The smallest absolute Gasteiger partial charge is 0.234 e. The third kappa shape index (κ3) is 3.79. The lowest BCUT2D eigenvalue weighted by atomic mass is 10.1. The number of carbonyl (C=O) groups excluding carboxylic acids is 1. The van der Waals surface area contributed by atoms with Crippen molar-refractivity contribution in [3.8, 4) is 0 Å². The van der Waals surface area contributed by atoms with Crippen molar-refractivity contribution >= 4 is 18.3 Å². The van der Waals surface area contributed by atoms with E-state index in [1.165, 1.54) is 6.07 Å². The van der Waals surface area contributed by atoms with E-state index >= 15 is 0 Å². The van der Waals surface area contributed by atoms with E-state index in [2.05, 4.69) is 5.32 Å². The second-order valence-corrected chi connectivity index (χ2v) is 3.50. The van der Waals surface area contributed by atoms with E-state index in [4.69, 9.17) is 5.73 Å². The second-order valence-electron chi connectivity index (χ2n) is 3.50. The Labute approximate surface area is 101 Å². The maximum absolute atomic E-state index is 13.2. The van der Waals surface area contributed by atoms with Gasteiger partial charge in [0.2, 0.25) is 5.91 Å². The molecule has 3 N–H and O–H groups in total. The molecule has 0 radical (unpaired) electrons. The minimum atomic E-state index is -0.263. The van der Waals surface area contributed by atoms with Gasteiger partial charge in [0, 0.05) is 0 Å². The van der Waals surface area contributed by atoms with E-state index in [0.29, 0.717) is 5.56 Å². The van der Waals surface area contributed by atoms with Gasteiger partial charge in [0.15, 0.2) is 0 Å². The maximum Gasteiger partial charge on any atom is 0.234 e. The molecule has 0 saturated carbocycles. The highest BCUT2D eigenvalue weighted by Crippen LogP contribution is 2.15. The Hall–Kier alpha value is -1.13. The summed E-state index contributed by atoms with van der Waals surface area (Å²) in [6.45, 7) is 3.43. The molecule has 1 atom stereocenters. The van der Waals surface area contributed by atoms with Crippen molar-refractivity contribution in [1.82, 2.24) is 5.32 Å². The third-order valence-corrected chi connectivity index (χ3v) is 2.26. The summed E-state index contributed by atoms with van der Waals surface area (Å²) in [6.07, 6.45) is 0. The topological polar surface area (TPSA) is 55.1 Å². The Morgan fingerprint density at radius 2 is 2.19 bits per heavy atom. The molecular weight excluding hydrogens is 231 g/mol. The van der Waals surface area contributed by atoms with Crippen molar-refractivity contribution in [2.75, 3.05) is 6.54 Å². The van der Waals surface area contributed by atoms with Crippen molar-refractivity contribution in [2.24, 2.45) is 5.73 Å². The molecule has 16 heavy (non-hydrogen) atoms. The monoisotopic (exact) mass is 246 g/mol. The van der Waals surface area contributed by atoms with Gasteiger partial charge in [0.05, 0.1) is 12.6 Å². The summed E-state index contributed by atoms with van der Waals surface area (Å²) in [5.74, 6) is -0.509. The van der Waals surface area contributed by atoms with Crippen LogP contribution in [0.1, 0.15) is 24.1 Å². The molecule has 0 saturated heterocycles. The molecule has 0 bridgehead atoms. The fourth-order valence-corrected chi connectivity index (χ4v) is 1.26. The molecular formula is C11H16ClFN2O. The van der Waals surface area contributed by atoms with Gasteiger partial charge in [0.1, 0.15) is 5.82 Å². The molecule has 90 valence electrons. The zero-order chi connectivity index (χ0) is 11.4. The van der Waals surface area contributed by atoms with Crippen molar-refractivity contribution in [3.63, 3.8) is 0 Å². The zero-order valence-electron chi connectivity index (χ0n) is 9.29. The molecule has 0 aromatic heterocycles. The van der Waals surface area contributed by atoms with Crippen LogP contribution in [0.3, 0.4) is 0 Å². The zero-order valence-corrected chi connectivity index (χ0v) is 10.1. The molecule has 1 rings (SSSR count). The highest BCUT2D eigenvalue weighted by Gasteiger charge is 2.09. The molecule has 0 aliphatic carbocycles. The predicted molar refractivity (Wildman–Crippen MR) is 64.0 cm³/mol. The summed E-state index contributed by atoms with van der Waals surface area (Å²) in [5, 5.41) is 2.66. The quantitative estimate of drug-likeness (QED) is 0.853. The van der Waals surface area contributed by atoms with E-state index in [1.54, 1.807) is 26.0 Å². The number of amides is 1. The first-order valence-corrected chi connectivity index (χ1v) is 4.80. The van der Waals surface area contributed by atoms with Crippen LogP contribution in [-0.4, -0.2) is 12.5 Å². The molecule has 1 unspecified atom stereocenters. The lowest BCUT2D eigenvalue weighted by Gasteiger charge is -2.14. The summed E-state index contributed by atoms with van der Waals surface area (Å²) in [6, 6.07) is 4.68. The van der Waals surface area contributed by atoms with Gasteiger partial charge in [-0.25, -0.2) is 4.39 Å². The average molecular weight is 247 g/mol. The normalized spacial score (nSPS) is 11.5. The third-order valence-electron chi connectivity index (χ3n) is 2.26. The molecule has 0 heterocycles. The van der Waals surface area contributed by atoms with Gasteiger partial charge in [-0.2, -0.15) is 0 Å². The fourth-order valence-electron chi connectivity index (χ4n) is 1.26. The van der Waals surface area contributed by atoms with Gasteiger partial charge < -0.3 is 11.1 Å². The van der Waals surface area contributed by atoms with E-state index < -0.39 is 0 Å². The number of benzene rings is 1. The maximum atomic E-state index is 13.2. The van der Waals surface area contributed by atoms with Gasteiger partial charge in [0.25, 0.3) is 0 Å². The minimum absolute atomic E-state index is 0. The van der Waals surface area contributed by atoms with Crippen LogP contribution in [0.5, 0.6) is 0 Å². The first-order chi connectivity index (χ1) is 7.04. The molecule has 3 nitrogen and oxygen atoms in total. The van der Waals surface area contributed by atoms with Crippen LogP contribution in [0.4, 0.5) is 4.39 Å². The molecule has 0 aliphatic heterocycles. The van der Waals surface area contributed by atoms with E-state index in [9.17, 15) is 9.18 Å². The van der Waals surface area contributed by atoms with Crippen molar-refractivity contribution in [3.05, 3.63) is 35.1 Å². The van der Waals surface area contributed by atoms with Crippen LogP contribution < -0.4 is 11.1 Å². The molecule has 0 fully saturated rings. The Balaban J connectivity index is 0.00000225. The van der Waals surface area contributed by atoms with Crippen LogP contribution >= 0.6 is 12.4 Å². The highest BCUT2D eigenvalue weighted by molar-refractivity contribution is 5.85. The predicted octanol–water partition coefficient (Wildman–Crippen LogP) is 1.69. The number of rotatable bonds is 3. The number of nitrogens with two attached hydrogens (primary N) is 1. The lowest BCUT2D eigenvalue weighted by molar-refractivity contribution is -0.120. The minimum Gasteiger partial charge on any atom is -0.348 e. The highest BCUT2D eigenvalue weighted by atomic mass is 35.5. The van der Waals surface area contributed by atoms with Crippen molar-refractivity contribution in [1.29, 1.82) is 0 Å². The van der Waals surface area contributed by atoms with Crippen LogP contribution in [0.15, 0.2) is 18.2 Å². The van der Waals surface area contributed by atoms with Crippen LogP contribution in [0.2, 0.25) is 0 Å². The van der Waals surface area contributed by atoms with Crippen LogP contribution in [0.25, 0.3) is 0 Å². The summed E-state index contributed by atoms with van der Waals surface area (Å²) in [5.41, 5.74) is 6.50. The van der Waals surface area contributed by atoms with Crippen LogP contribution in [-0.2, 0) is 4.79 Å². The second kappa shape index (κ2) is 6.45. The van der Waals surface area contributed by atoms with Crippen LogP contribution in [0, 0.1) is 12.7 Å². The summed E-state index contributed by atoms with van der Waals surface area (Å²) in [4.78, 5) is 11.0. The Kier molecular flexibility index (Phi) is 6.00. The SMILES string of the molecule is Cc1ccc(C(C)NC(=O)CN)cc1F.Cl. The first kappa shape index (κ1) is 14.9. The molecule has 5 heteroatoms. The van der Waals surface area contributed by atoms with Gasteiger partial charge >= 0.3 is 0 Å². The lowest BCUT2D eigenvalue weighted by Crippen LogP contribution is -2.32. The fraction of sp³-hybridized carbons (Fsp3) is 0.364. The Bertz CT molecular complexity index is 371. The van der Waals surface area contributed by atoms with E-state index in [0.717, 1.165) is 5.56 Å². The number of aryl methyl sites for hydroxylation is 1. The van der Waals surface area contributed by atoms with Crippen molar-refractivity contribution in [2.45, 2.75) is 19.9 Å². The molecule has 1 aromatic rings. The summed E-state index contributed by atoms with van der Waals surface area (Å²) < 4.78 is 13.2. The summed E-state index contributed by atoms with van der Waals surface area (Å²) >= 11 is 0. The molecule has 0 spiro atoms. The number of halogens is 2. The number of hydrogen-bond acceptors (Lipinski definition) is 2.